The largest absolute Gasteiger partial charge is 0.304 e. The molecule has 0 spiro atoms. The summed E-state index contributed by atoms with van der Waals surface area (Å²) < 4.78 is 6.98. The second-order valence-corrected chi connectivity index (χ2v) is 18.7. The van der Waals surface area contributed by atoms with Crippen LogP contribution in [0, 0.1) is 22.7 Å². The Bertz CT molecular complexity index is 4030. The van der Waals surface area contributed by atoms with Gasteiger partial charge in [-0.1, -0.05) is 182 Å². The minimum Gasteiger partial charge on any atom is -0.304 e. The SMILES string of the molecule is N#Cc1c(-c2ccccc2)c(C#N)c(-n2c3c(ccc4c5ccccc5sc43)c3ccc4c5ccccc5sc4c32)c(-c2ccccc2)c1-c1nc(-c2ccccc2)cc(-c2ccccc2)n1. The van der Waals surface area contributed by atoms with Crippen LogP contribution in [0.4, 0.5) is 0 Å². The first-order valence-electron chi connectivity index (χ1n) is 22.0. The maximum atomic E-state index is 12.0. The van der Waals surface area contributed by atoms with E-state index in [9.17, 15) is 10.5 Å². The fourth-order valence-corrected chi connectivity index (χ4v) is 12.5. The first-order valence-corrected chi connectivity index (χ1v) is 23.7. The monoisotopic (exact) mass is 887 g/mol. The molecule has 0 saturated heterocycles. The van der Waals surface area contributed by atoms with E-state index in [1.54, 1.807) is 22.7 Å². The molecule has 0 saturated carbocycles. The van der Waals surface area contributed by atoms with Gasteiger partial charge in [-0.05, 0) is 29.3 Å². The maximum absolute atomic E-state index is 12.0. The number of nitrogens with zero attached hydrogens (tertiary/aromatic N) is 5. The molecule has 7 heteroatoms. The van der Waals surface area contributed by atoms with Gasteiger partial charge in [-0.25, -0.2) is 9.97 Å². The van der Waals surface area contributed by atoms with Crippen LogP contribution in [0.2, 0.25) is 0 Å². The number of rotatable bonds is 6. The van der Waals surface area contributed by atoms with E-state index < -0.39 is 0 Å². The standard InChI is InChI=1S/C60H33N5S2/c61-34-46-52(38-21-9-3-10-22-38)47(35-62)55(53(39-23-11-4-12-24-39)54(46)60-63-48(36-17-5-1-6-18-36)33-49(64-60)37-19-7-2-8-20-37)65-56-42(29-31-44-40-25-13-15-27-50(40)66-58(44)56)43-30-32-45-41-26-14-16-28-51(41)67-59(45)57(43)65/h1-33H. The number of nitriles is 2. The number of fused-ring (bicyclic) bond motifs is 11. The predicted octanol–water partition coefficient (Wildman–Crippen LogP) is 16.4. The summed E-state index contributed by atoms with van der Waals surface area (Å²) in [4.78, 5) is 10.9. The molecule has 0 bridgehead atoms. The quantitative estimate of drug-likeness (QED) is 0.167. The van der Waals surface area contributed by atoms with E-state index in [1.165, 1.54) is 20.2 Å². The van der Waals surface area contributed by atoms with Gasteiger partial charge in [0.2, 0.25) is 0 Å². The maximum Gasteiger partial charge on any atom is 0.162 e. The van der Waals surface area contributed by atoms with Gasteiger partial charge in [-0.2, -0.15) is 10.5 Å². The van der Waals surface area contributed by atoms with Crippen molar-refractivity contribution in [3.8, 4) is 74.0 Å². The molecule has 0 radical (unpaired) electrons. The summed E-state index contributed by atoms with van der Waals surface area (Å²) in [6, 6.07) is 73.9. The molecule has 5 nitrogen and oxygen atoms in total. The lowest BCUT2D eigenvalue weighted by atomic mass is 9.83. The average molecular weight is 888 g/mol. The summed E-state index contributed by atoms with van der Waals surface area (Å²) in [7, 11) is 0. The first kappa shape index (κ1) is 38.7. The topological polar surface area (TPSA) is 78.3 Å². The van der Waals surface area contributed by atoms with Gasteiger partial charge in [-0.15, -0.1) is 22.7 Å². The molecule has 4 heterocycles. The van der Waals surface area contributed by atoms with Crippen LogP contribution in [0.1, 0.15) is 11.1 Å². The van der Waals surface area contributed by atoms with E-state index >= 15 is 0 Å². The van der Waals surface area contributed by atoms with Gasteiger partial charge in [0.1, 0.15) is 12.1 Å². The second-order valence-electron chi connectivity index (χ2n) is 16.6. The van der Waals surface area contributed by atoms with Gasteiger partial charge in [-0.3, -0.25) is 0 Å². The molecular weight excluding hydrogens is 855 g/mol. The van der Waals surface area contributed by atoms with Crippen molar-refractivity contribution in [3.05, 3.63) is 211 Å². The molecule has 9 aromatic carbocycles. The van der Waals surface area contributed by atoms with Crippen molar-refractivity contribution >= 4 is 84.8 Å². The summed E-state index contributed by atoms with van der Waals surface area (Å²) in [5, 5.41) is 30.6. The zero-order chi connectivity index (χ0) is 44.6. The van der Waals surface area contributed by atoms with Crippen molar-refractivity contribution in [1.29, 1.82) is 10.5 Å². The predicted molar refractivity (Wildman–Crippen MR) is 279 cm³/mol. The van der Waals surface area contributed by atoms with E-state index in [4.69, 9.17) is 9.97 Å². The Kier molecular flexibility index (Phi) is 8.94. The van der Waals surface area contributed by atoms with Crippen LogP contribution < -0.4 is 0 Å². The van der Waals surface area contributed by atoms with E-state index in [0.717, 1.165) is 75.6 Å². The van der Waals surface area contributed by atoms with Crippen molar-refractivity contribution in [2.24, 2.45) is 0 Å². The Hall–Kier alpha value is -8.72. The lowest BCUT2D eigenvalue weighted by Gasteiger charge is -2.24. The molecule has 4 aromatic heterocycles. The van der Waals surface area contributed by atoms with E-state index in [2.05, 4.69) is 126 Å². The van der Waals surface area contributed by atoms with Crippen LogP contribution >= 0.6 is 22.7 Å². The van der Waals surface area contributed by atoms with Gasteiger partial charge in [0.05, 0.1) is 48.6 Å². The molecular formula is C60H33N5S2. The highest BCUT2D eigenvalue weighted by Crippen LogP contribution is 2.52. The third-order valence-corrected chi connectivity index (χ3v) is 15.3. The molecule has 0 unspecified atom stereocenters. The molecule has 0 fully saturated rings. The van der Waals surface area contributed by atoms with Crippen LogP contribution in [-0.2, 0) is 0 Å². The lowest BCUT2D eigenvalue weighted by Crippen LogP contribution is -2.09. The van der Waals surface area contributed by atoms with Crippen molar-refractivity contribution in [2.45, 2.75) is 0 Å². The first-order chi connectivity index (χ1) is 33.2. The van der Waals surface area contributed by atoms with Gasteiger partial charge in [0, 0.05) is 69.5 Å². The molecule has 13 rings (SSSR count). The van der Waals surface area contributed by atoms with Crippen LogP contribution in [0.25, 0.3) is 124 Å². The van der Waals surface area contributed by atoms with Crippen molar-refractivity contribution in [2.75, 3.05) is 0 Å². The fraction of sp³-hybridized carbons (Fsp3) is 0. The summed E-state index contributed by atoms with van der Waals surface area (Å²) >= 11 is 3.54. The molecule has 13 aromatic rings. The highest BCUT2D eigenvalue weighted by molar-refractivity contribution is 7.27. The second kappa shape index (κ2) is 15.5. The highest BCUT2D eigenvalue weighted by atomic mass is 32.1. The third-order valence-electron chi connectivity index (χ3n) is 12.9. The minimum absolute atomic E-state index is 0.328. The van der Waals surface area contributed by atoms with Crippen LogP contribution in [-0.4, -0.2) is 14.5 Å². The Morgan fingerprint density at radius 3 is 1.24 bits per heavy atom. The van der Waals surface area contributed by atoms with Gasteiger partial charge in [0.15, 0.2) is 5.82 Å². The Balaban J connectivity index is 1.31. The average Bonchev–Trinajstić information content (AvgIpc) is 4.08. The van der Waals surface area contributed by atoms with Gasteiger partial charge < -0.3 is 4.57 Å². The van der Waals surface area contributed by atoms with E-state index in [1.807, 2.05) is 91.0 Å². The third kappa shape index (κ3) is 5.97. The number of thiophene rings is 2. The van der Waals surface area contributed by atoms with Crippen molar-refractivity contribution < 1.29 is 0 Å². The highest BCUT2D eigenvalue weighted by Gasteiger charge is 2.33. The fourth-order valence-electron chi connectivity index (χ4n) is 10.0. The Morgan fingerprint density at radius 1 is 0.373 bits per heavy atom. The summed E-state index contributed by atoms with van der Waals surface area (Å²) in [6.45, 7) is 0. The molecule has 0 aliphatic rings. The van der Waals surface area contributed by atoms with Crippen LogP contribution in [0.15, 0.2) is 200 Å². The zero-order valence-electron chi connectivity index (χ0n) is 35.6. The Labute approximate surface area is 393 Å². The molecule has 67 heavy (non-hydrogen) atoms. The van der Waals surface area contributed by atoms with Gasteiger partial charge >= 0.3 is 0 Å². The van der Waals surface area contributed by atoms with Crippen LogP contribution in [0.5, 0.6) is 0 Å². The molecule has 0 aliphatic carbocycles. The summed E-state index contributed by atoms with van der Waals surface area (Å²) in [5.74, 6) is 0.387. The van der Waals surface area contributed by atoms with E-state index in [0.29, 0.717) is 39.3 Å². The number of hydrogen-bond donors (Lipinski definition) is 0. The number of hydrogen-bond acceptors (Lipinski definition) is 6. The van der Waals surface area contributed by atoms with Crippen molar-refractivity contribution in [3.63, 3.8) is 0 Å². The molecule has 0 amide bonds. The van der Waals surface area contributed by atoms with Crippen LogP contribution in [0.3, 0.4) is 0 Å². The summed E-state index contributed by atoms with van der Waals surface area (Å²) in [6.07, 6.45) is 0. The molecule has 0 N–H and O–H groups in total. The lowest BCUT2D eigenvalue weighted by molar-refractivity contribution is 1.15. The van der Waals surface area contributed by atoms with Crippen molar-refractivity contribution in [1.82, 2.24) is 14.5 Å². The Morgan fingerprint density at radius 2 is 0.776 bits per heavy atom. The summed E-state index contributed by atoms with van der Waals surface area (Å²) in [5.41, 5.74) is 10.0. The van der Waals surface area contributed by atoms with Gasteiger partial charge in [0.25, 0.3) is 0 Å². The van der Waals surface area contributed by atoms with E-state index in [-0.39, 0.29) is 0 Å². The normalized spacial score (nSPS) is 11.6. The smallest absolute Gasteiger partial charge is 0.162 e. The molecule has 0 atom stereocenters. The molecule has 0 aliphatic heterocycles. The number of aromatic nitrogens is 3. The number of benzene rings is 9. The molecule has 310 valence electrons. The zero-order valence-corrected chi connectivity index (χ0v) is 37.2. The minimum atomic E-state index is 0.328.